The summed E-state index contributed by atoms with van der Waals surface area (Å²) in [6.07, 6.45) is 0.570. The minimum Gasteiger partial charge on any atom is -0.433 e. The molecule has 22 heavy (non-hydrogen) atoms. The third-order valence-electron chi connectivity index (χ3n) is 3.69. The van der Waals surface area contributed by atoms with Gasteiger partial charge in [-0.1, -0.05) is 18.5 Å². The Hall–Kier alpha value is -0.960. The van der Waals surface area contributed by atoms with E-state index < -0.39 is 16.6 Å². The molecular formula is C13H17ClF2N2O3S. The highest BCUT2D eigenvalue weighted by Gasteiger charge is 2.32. The highest BCUT2D eigenvalue weighted by molar-refractivity contribution is 7.89. The fourth-order valence-electron chi connectivity index (χ4n) is 2.33. The lowest BCUT2D eigenvalue weighted by molar-refractivity contribution is -0.0498. The Kier molecular flexibility index (Phi) is 5.26. The zero-order valence-electron chi connectivity index (χ0n) is 11.9. The average Bonchev–Trinajstić information content (AvgIpc) is 2.43. The van der Waals surface area contributed by atoms with E-state index in [1.54, 1.807) is 0 Å². The standard InChI is InChI=1S/C13H17ClF2N2O3S/c1-8-7-18(5-4-11(8)17)22(19,20)9-2-3-12(10(14)6-9)21-13(15)16/h2-3,6,8,11,13H,4-5,7,17H2,1H3. The fourth-order valence-corrected chi connectivity index (χ4v) is 4.20. The molecule has 0 spiro atoms. The van der Waals surface area contributed by atoms with Crippen LogP contribution in [-0.4, -0.2) is 38.5 Å². The van der Waals surface area contributed by atoms with Crippen molar-refractivity contribution in [3.8, 4) is 5.75 Å². The van der Waals surface area contributed by atoms with E-state index in [-0.39, 0.29) is 27.6 Å². The minimum absolute atomic E-state index is 0.0307. The summed E-state index contributed by atoms with van der Waals surface area (Å²) in [5.74, 6) is -0.218. The number of ether oxygens (including phenoxy) is 1. The maximum Gasteiger partial charge on any atom is 0.387 e. The van der Waals surface area contributed by atoms with Gasteiger partial charge in [-0.25, -0.2) is 8.42 Å². The van der Waals surface area contributed by atoms with E-state index in [0.29, 0.717) is 19.5 Å². The van der Waals surface area contributed by atoms with Crippen LogP contribution in [0.5, 0.6) is 5.75 Å². The summed E-state index contributed by atoms with van der Waals surface area (Å²) < 4.78 is 55.0. The van der Waals surface area contributed by atoms with Crippen LogP contribution in [0, 0.1) is 5.92 Å². The molecule has 1 fully saturated rings. The van der Waals surface area contributed by atoms with Crippen LogP contribution in [0.2, 0.25) is 5.02 Å². The Morgan fingerprint density at radius 3 is 2.68 bits per heavy atom. The number of piperidine rings is 1. The fraction of sp³-hybridized carbons (Fsp3) is 0.538. The van der Waals surface area contributed by atoms with Gasteiger partial charge in [0.15, 0.2) is 0 Å². The molecule has 1 aliphatic heterocycles. The Balaban J connectivity index is 2.25. The molecule has 9 heteroatoms. The molecule has 2 rings (SSSR count). The number of sulfonamides is 1. The summed E-state index contributed by atoms with van der Waals surface area (Å²) in [5, 5.41) is -0.178. The van der Waals surface area contributed by atoms with Gasteiger partial charge >= 0.3 is 6.61 Å². The SMILES string of the molecule is CC1CN(S(=O)(=O)c2ccc(OC(F)F)c(Cl)c2)CCC1N. The van der Waals surface area contributed by atoms with Crippen molar-refractivity contribution in [3.63, 3.8) is 0 Å². The molecule has 0 radical (unpaired) electrons. The lowest BCUT2D eigenvalue weighted by Gasteiger charge is -2.34. The van der Waals surface area contributed by atoms with Gasteiger partial charge in [0.05, 0.1) is 9.92 Å². The Morgan fingerprint density at radius 1 is 1.45 bits per heavy atom. The minimum atomic E-state index is -3.74. The first kappa shape index (κ1) is 17.4. The van der Waals surface area contributed by atoms with E-state index in [1.807, 2.05) is 6.92 Å². The van der Waals surface area contributed by atoms with Gasteiger partial charge in [0.1, 0.15) is 5.75 Å². The van der Waals surface area contributed by atoms with Crippen LogP contribution < -0.4 is 10.5 Å². The first-order valence-electron chi connectivity index (χ1n) is 6.72. The molecule has 5 nitrogen and oxygen atoms in total. The van der Waals surface area contributed by atoms with E-state index in [0.717, 1.165) is 12.1 Å². The number of hydrogen-bond donors (Lipinski definition) is 1. The van der Waals surface area contributed by atoms with Gasteiger partial charge in [-0.15, -0.1) is 0 Å². The van der Waals surface area contributed by atoms with Gasteiger partial charge in [0.2, 0.25) is 10.0 Å². The largest absolute Gasteiger partial charge is 0.433 e. The molecule has 1 saturated heterocycles. The van der Waals surface area contributed by atoms with Gasteiger partial charge in [0, 0.05) is 19.1 Å². The third kappa shape index (κ3) is 3.68. The summed E-state index contributed by atoms with van der Waals surface area (Å²) in [6, 6.07) is 3.42. The molecule has 2 N–H and O–H groups in total. The maximum absolute atomic E-state index is 12.6. The van der Waals surface area contributed by atoms with Crippen LogP contribution in [0.1, 0.15) is 13.3 Å². The van der Waals surface area contributed by atoms with Crippen molar-refractivity contribution in [2.45, 2.75) is 30.9 Å². The quantitative estimate of drug-likeness (QED) is 0.900. The second-order valence-electron chi connectivity index (χ2n) is 5.26. The monoisotopic (exact) mass is 354 g/mol. The summed E-state index contributed by atoms with van der Waals surface area (Å²) in [7, 11) is -3.74. The predicted octanol–water partition coefficient (Wildman–Crippen LogP) is 2.30. The molecular weight excluding hydrogens is 338 g/mol. The Bertz CT molecular complexity index is 642. The van der Waals surface area contributed by atoms with Crippen LogP contribution in [0.25, 0.3) is 0 Å². The lowest BCUT2D eigenvalue weighted by Crippen LogP contribution is -2.48. The first-order valence-corrected chi connectivity index (χ1v) is 8.53. The van der Waals surface area contributed by atoms with Crippen molar-refractivity contribution in [3.05, 3.63) is 23.2 Å². The third-order valence-corrected chi connectivity index (χ3v) is 5.85. The molecule has 0 aromatic heterocycles. The zero-order chi connectivity index (χ0) is 16.5. The normalized spacial score (nSPS) is 23.7. The van der Waals surface area contributed by atoms with E-state index >= 15 is 0 Å². The van der Waals surface area contributed by atoms with Crippen LogP contribution >= 0.6 is 11.6 Å². The molecule has 1 aromatic carbocycles. The summed E-state index contributed by atoms with van der Waals surface area (Å²) in [4.78, 5) is -0.0539. The second-order valence-corrected chi connectivity index (χ2v) is 7.61. The van der Waals surface area contributed by atoms with E-state index in [9.17, 15) is 17.2 Å². The van der Waals surface area contributed by atoms with Crippen molar-refractivity contribution < 1.29 is 21.9 Å². The molecule has 2 unspecified atom stereocenters. The molecule has 2 atom stereocenters. The number of alkyl halides is 2. The highest BCUT2D eigenvalue weighted by atomic mass is 35.5. The Morgan fingerprint density at radius 2 is 2.14 bits per heavy atom. The van der Waals surface area contributed by atoms with E-state index in [4.69, 9.17) is 17.3 Å². The van der Waals surface area contributed by atoms with E-state index in [2.05, 4.69) is 4.74 Å². The van der Waals surface area contributed by atoms with Crippen molar-refractivity contribution in [2.75, 3.05) is 13.1 Å². The number of nitrogens with two attached hydrogens (primary N) is 1. The molecule has 0 amide bonds. The average molecular weight is 355 g/mol. The summed E-state index contributed by atoms with van der Waals surface area (Å²) in [5.41, 5.74) is 5.88. The molecule has 0 saturated carbocycles. The summed E-state index contributed by atoms with van der Waals surface area (Å²) >= 11 is 5.81. The number of nitrogens with zero attached hydrogens (tertiary/aromatic N) is 1. The second kappa shape index (κ2) is 6.66. The number of rotatable bonds is 4. The predicted molar refractivity (Wildman–Crippen MR) is 78.6 cm³/mol. The van der Waals surface area contributed by atoms with Crippen molar-refractivity contribution in [1.82, 2.24) is 4.31 Å². The molecule has 1 heterocycles. The van der Waals surface area contributed by atoms with Gasteiger partial charge < -0.3 is 10.5 Å². The first-order chi connectivity index (χ1) is 10.2. The number of benzene rings is 1. The van der Waals surface area contributed by atoms with Crippen LogP contribution in [-0.2, 0) is 10.0 Å². The van der Waals surface area contributed by atoms with Crippen LogP contribution in [0.4, 0.5) is 8.78 Å². The maximum atomic E-state index is 12.6. The lowest BCUT2D eigenvalue weighted by atomic mass is 9.96. The van der Waals surface area contributed by atoms with Crippen LogP contribution in [0.3, 0.4) is 0 Å². The number of halogens is 3. The van der Waals surface area contributed by atoms with Gasteiger partial charge in [0.25, 0.3) is 0 Å². The zero-order valence-corrected chi connectivity index (χ0v) is 13.4. The summed E-state index contributed by atoms with van der Waals surface area (Å²) in [6.45, 7) is -0.500. The van der Waals surface area contributed by atoms with Gasteiger partial charge in [-0.05, 0) is 30.5 Å². The van der Waals surface area contributed by atoms with E-state index in [1.165, 1.54) is 10.4 Å². The number of hydrogen-bond acceptors (Lipinski definition) is 4. The highest BCUT2D eigenvalue weighted by Crippen LogP contribution is 2.31. The van der Waals surface area contributed by atoms with Crippen molar-refractivity contribution in [2.24, 2.45) is 11.7 Å². The molecule has 1 aromatic rings. The topological polar surface area (TPSA) is 72.6 Å². The molecule has 0 aliphatic carbocycles. The van der Waals surface area contributed by atoms with Crippen molar-refractivity contribution >= 4 is 21.6 Å². The van der Waals surface area contributed by atoms with Crippen molar-refractivity contribution in [1.29, 1.82) is 0 Å². The molecule has 124 valence electrons. The van der Waals surface area contributed by atoms with Gasteiger partial charge in [-0.2, -0.15) is 13.1 Å². The van der Waals surface area contributed by atoms with Crippen LogP contribution in [0.15, 0.2) is 23.1 Å². The molecule has 1 aliphatic rings. The smallest absolute Gasteiger partial charge is 0.387 e. The Labute approximate surface area is 133 Å². The molecule has 0 bridgehead atoms. The van der Waals surface area contributed by atoms with Gasteiger partial charge in [-0.3, -0.25) is 0 Å².